The number of nitrogens with zero attached hydrogens (tertiary/aromatic N) is 1. The molecule has 6 heteroatoms. The summed E-state index contributed by atoms with van der Waals surface area (Å²) in [6.45, 7) is 0.798. The first kappa shape index (κ1) is 19.4. The summed E-state index contributed by atoms with van der Waals surface area (Å²) in [6, 6.07) is 14.6. The number of benzene rings is 2. The van der Waals surface area contributed by atoms with Crippen molar-refractivity contribution in [2.24, 2.45) is 28.3 Å². The maximum Gasteiger partial charge on any atom is 0.202 e. The van der Waals surface area contributed by atoms with Crippen LogP contribution in [0.4, 0.5) is 5.69 Å². The monoisotopic (exact) mass is 441 g/mol. The number of anilines is 1. The van der Waals surface area contributed by atoms with E-state index >= 15 is 0 Å². The smallest absolute Gasteiger partial charge is 0.202 e. The molecule has 1 unspecified atom stereocenters. The van der Waals surface area contributed by atoms with Crippen LogP contribution in [0.2, 0.25) is 0 Å². The average Bonchev–Trinajstić information content (AvgIpc) is 2.71. The fourth-order valence-corrected chi connectivity index (χ4v) is 4.63. The second-order valence-corrected chi connectivity index (χ2v) is 8.89. The first-order valence-corrected chi connectivity index (χ1v) is 10.8. The molecule has 0 radical (unpaired) electrons. The molecule has 0 saturated heterocycles. The summed E-state index contributed by atoms with van der Waals surface area (Å²) in [6.07, 6.45) is 7.49. The Morgan fingerprint density at radius 2 is 1.79 bits per heavy atom. The van der Waals surface area contributed by atoms with E-state index in [9.17, 15) is 0 Å². The van der Waals surface area contributed by atoms with Gasteiger partial charge in [-0.05, 0) is 89.3 Å². The fourth-order valence-electron chi connectivity index (χ4n) is 4.26. The summed E-state index contributed by atoms with van der Waals surface area (Å²) in [4.78, 5) is 4.84. The summed E-state index contributed by atoms with van der Waals surface area (Å²) >= 11 is 3.63. The van der Waals surface area contributed by atoms with Crippen molar-refractivity contribution in [3.8, 4) is 0 Å². The van der Waals surface area contributed by atoms with Crippen molar-refractivity contribution in [2.45, 2.75) is 37.8 Å². The molecular formula is C22H28BrN5. The molecule has 5 nitrogen and oxygen atoms in total. The molecular weight excluding hydrogens is 414 g/mol. The van der Waals surface area contributed by atoms with Gasteiger partial charge in [-0.1, -0.05) is 30.3 Å². The highest BCUT2D eigenvalue weighted by Crippen LogP contribution is 2.37. The van der Waals surface area contributed by atoms with Crippen LogP contribution in [0.25, 0.3) is 10.8 Å². The molecule has 0 amide bonds. The van der Waals surface area contributed by atoms with E-state index < -0.39 is 5.66 Å². The highest BCUT2D eigenvalue weighted by atomic mass is 79.9. The van der Waals surface area contributed by atoms with E-state index in [0.717, 1.165) is 23.1 Å². The van der Waals surface area contributed by atoms with E-state index in [1.807, 2.05) is 18.3 Å². The maximum absolute atomic E-state index is 6.73. The summed E-state index contributed by atoms with van der Waals surface area (Å²) in [5, 5.41) is 9.00. The van der Waals surface area contributed by atoms with Gasteiger partial charge in [-0.2, -0.15) is 0 Å². The summed E-state index contributed by atoms with van der Waals surface area (Å²) in [7, 11) is 0. The van der Waals surface area contributed by atoms with Gasteiger partial charge >= 0.3 is 0 Å². The van der Waals surface area contributed by atoms with Gasteiger partial charge in [0.15, 0.2) is 0 Å². The first-order chi connectivity index (χ1) is 13.6. The molecule has 2 aliphatic rings. The van der Waals surface area contributed by atoms with Gasteiger partial charge in [0.25, 0.3) is 0 Å². The lowest BCUT2D eigenvalue weighted by atomic mass is 9.78. The molecule has 4 rings (SSSR count). The normalized spacial score (nSPS) is 27.7. The number of guanidine groups is 1. The summed E-state index contributed by atoms with van der Waals surface area (Å²) in [5.74, 6) is 1.93. The highest BCUT2D eigenvalue weighted by molar-refractivity contribution is 9.11. The van der Waals surface area contributed by atoms with Gasteiger partial charge in [0.1, 0.15) is 5.66 Å². The third kappa shape index (κ3) is 4.24. The van der Waals surface area contributed by atoms with Gasteiger partial charge in [-0.3, -0.25) is 0 Å². The van der Waals surface area contributed by atoms with Gasteiger partial charge in [0.2, 0.25) is 5.96 Å². The van der Waals surface area contributed by atoms with Crippen molar-refractivity contribution >= 4 is 38.3 Å². The van der Waals surface area contributed by atoms with Crippen molar-refractivity contribution in [1.29, 1.82) is 0 Å². The molecule has 1 fully saturated rings. The van der Waals surface area contributed by atoms with Crippen LogP contribution < -0.4 is 22.1 Å². The van der Waals surface area contributed by atoms with Gasteiger partial charge in [-0.25, -0.2) is 4.99 Å². The number of hydrogen-bond donors (Lipinski definition) is 4. The Labute approximate surface area is 174 Å². The van der Waals surface area contributed by atoms with E-state index in [0.29, 0.717) is 17.8 Å². The summed E-state index contributed by atoms with van der Waals surface area (Å²) in [5.41, 5.74) is 12.8. The topological polar surface area (TPSA) is 88.5 Å². The first-order valence-electron chi connectivity index (χ1n) is 10.0. The Bertz CT molecular complexity index is 901. The second-order valence-electron chi connectivity index (χ2n) is 8.03. The maximum atomic E-state index is 6.73. The van der Waals surface area contributed by atoms with Crippen LogP contribution in [0.1, 0.15) is 32.1 Å². The Morgan fingerprint density at radius 1 is 1.07 bits per heavy atom. The van der Waals surface area contributed by atoms with Crippen molar-refractivity contribution in [3.63, 3.8) is 0 Å². The zero-order valence-electron chi connectivity index (χ0n) is 16.0. The Kier molecular flexibility index (Phi) is 5.71. The van der Waals surface area contributed by atoms with Crippen LogP contribution in [0.3, 0.4) is 0 Å². The number of rotatable bonds is 4. The largest absolute Gasteiger partial charge is 0.332 e. The van der Waals surface area contributed by atoms with Gasteiger partial charge in [-0.15, -0.1) is 0 Å². The van der Waals surface area contributed by atoms with Crippen molar-refractivity contribution < 1.29 is 0 Å². The molecule has 1 heterocycles. The van der Waals surface area contributed by atoms with E-state index in [1.165, 1.54) is 36.5 Å². The minimum atomic E-state index is -0.731. The number of hydrogen-bond acceptors (Lipinski definition) is 5. The quantitative estimate of drug-likeness (QED) is 0.570. The lowest BCUT2D eigenvalue weighted by Gasteiger charge is -2.36. The number of nitrogens with one attached hydrogen (secondary N) is 2. The SMILES string of the molecule is NCC1CCC(CC2(N)N=C(Nc3ccc4ccccc4c3)NC=C2Br)CC1. The van der Waals surface area contributed by atoms with Crippen molar-refractivity contribution in [1.82, 2.24) is 5.32 Å². The minimum Gasteiger partial charge on any atom is -0.332 e. The summed E-state index contributed by atoms with van der Waals surface area (Å²) < 4.78 is 0.894. The zero-order valence-corrected chi connectivity index (χ0v) is 17.6. The lowest BCUT2D eigenvalue weighted by Crippen LogP contribution is -2.47. The van der Waals surface area contributed by atoms with E-state index in [2.05, 4.69) is 56.9 Å². The van der Waals surface area contributed by atoms with Crippen LogP contribution in [0.15, 0.2) is 58.1 Å². The lowest BCUT2D eigenvalue weighted by molar-refractivity contribution is 0.239. The molecule has 0 aromatic heterocycles. The van der Waals surface area contributed by atoms with Gasteiger partial charge in [0, 0.05) is 11.9 Å². The molecule has 0 bridgehead atoms. The van der Waals surface area contributed by atoms with Crippen LogP contribution >= 0.6 is 15.9 Å². The van der Waals surface area contributed by atoms with Crippen LogP contribution in [0, 0.1) is 11.8 Å². The third-order valence-electron chi connectivity index (χ3n) is 5.97. The van der Waals surface area contributed by atoms with Crippen molar-refractivity contribution in [2.75, 3.05) is 11.9 Å². The molecule has 0 spiro atoms. The standard InChI is InChI=1S/C22H28BrN5/c23-20-14-26-21(27-19-10-9-17-3-1-2-4-18(17)11-19)28-22(20,25)12-15-5-7-16(13-24)8-6-15/h1-4,9-11,14-16H,5-8,12-13,24-25H2,(H2,26,27,28). The molecule has 6 N–H and O–H groups in total. The van der Waals surface area contributed by atoms with Gasteiger partial charge < -0.3 is 22.1 Å². The number of nitrogens with two attached hydrogens (primary N) is 2. The molecule has 148 valence electrons. The van der Waals surface area contributed by atoms with E-state index in [1.54, 1.807) is 0 Å². The zero-order chi connectivity index (χ0) is 19.6. The molecule has 28 heavy (non-hydrogen) atoms. The number of aliphatic imine (C=N–C) groups is 1. The predicted octanol–water partition coefficient (Wildman–Crippen LogP) is 4.26. The molecule has 1 saturated carbocycles. The van der Waals surface area contributed by atoms with Crippen LogP contribution in [-0.2, 0) is 0 Å². The fraction of sp³-hybridized carbons (Fsp3) is 0.409. The van der Waals surface area contributed by atoms with Crippen molar-refractivity contribution in [3.05, 3.63) is 53.1 Å². The van der Waals surface area contributed by atoms with Gasteiger partial charge in [0.05, 0.1) is 4.48 Å². The molecule has 2 aromatic rings. The Hall–Kier alpha value is -1.89. The second kappa shape index (κ2) is 8.23. The molecule has 2 aromatic carbocycles. The number of halogens is 1. The van der Waals surface area contributed by atoms with E-state index in [4.69, 9.17) is 16.5 Å². The molecule has 1 aliphatic carbocycles. The van der Waals surface area contributed by atoms with Crippen LogP contribution in [-0.4, -0.2) is 18.2 Å². The van der Waals surface area contributed by atoms with Crippen LogP contribution in [0.5, 0.6) is 0 Å². The Morgan fingerprint density at radius 3 is 2.54 bits per heavy atom. The molecule has 1 atom stereocenters. The minimum absolute atomic E-state index is 0.581. The average molecular weight is 442 g/mol. The van der Waals surface area contributed by atoms with E-state index in [-0.39, 0.29) is 0 Å². The predicted molar refractivity (Wildman–Crippen MR) is 121 cm³/mol. The highest BCUT2D eigenvalue weighted by Gasteiger charge is 2.35. The Balaban J connectivity index is 1.48. The third-order valence-corrected chi connectivity index (χ3v) is 6.89. The molecule has 1 aliphatic heterocycles. The number of fused-ring (bicyclic) bond motifs is 1.